The summed E-state index contributed by atoms with van der Waals surface area (Å²) < 4.78 is 13.1. The molecule has 0 fully saturated rings. The first-order chi connectivity index (χ1) is 13.1. The molecule has 6 nitrogen and oxygen atoms in total. The van der Waals surface area contributed by atoms with Crippen molar-refractivity contribution in [1.29, 1.82) is 0 Å². The molecule has 2 aromatic carbocycles. The van der Waals surface area contributed by atoms with E-state index in [2.05, 4.69) is 4.99 Å². The van der Waals surface area contributed by atoms with Gasteiger partial charge in [-0.1, -0.05) is 29.5 Å². The summed E-state index contributed by atoms with van der Waals surface area (Å²) >= 11 is 1.39. The van der Waals surface area contributed by atoms with Crippen LogP contribution in [0.15, 0.2) is 53.5 Å². The summed E-state index contributed by atoms with van der Waals surface area (Å²) in [5.74, 6) is 0.124. The van der Waals surface area contributed by atoms with Crippen LogP contribution in [0.4, 0.5) is 0 Å². The molecular formula is C20H20N2O4S. The number of hydrogen-bond donors (Lipinski definition) is 0. The summed E-state index contributed by atoms with van der Waals surface area (Å²) in [6, 6.07) is 14.6. The highest BCUT2D eigenvalue weighted by molar-refractivity contribution is 7.16. The molecule has 0 spiro atoms. The molecule has 1 aromatic heterocycles. The Morgan fingerprint density at radius 3 is 2.63 bits per heavy atom. The Morgan fingerprint density at radius 2 is 1.93 bits per heavy atom. The first-order valence-electron chi connectivity index (χ1n) is 8.59. The van der Waals surface area contributed by atoms with Crippen LogP contribution in [0, 0.1) is 0 Å². The van der Waals surface area contributed by atoms with Crippen molar-refractivity contribution >= 4 is 33.4 Å². The number of esters is 1. The van der Waals surface area contributed by atoms with Crippen molar-refractivity contribution in [3.05, 3.63) is 58.9 Å². The van der Waals surface area contributed by atoms with E-state index >= 15 is 0 Å². The number of aryl methyl sites for hydroxylation is 1. The lowest BCUT2D eigenvalue weighted by Crippen LogP contribution is -2.19. The summed E-state index contributed by atoms with van der Waals surface area (Å²) in [7, 11) is 1.36. The number of amides is 1. The van der Waals surface area contributed by atoms with Crippen molar-refractivity contribution in [3.8, 4) is 5.75 Å². The van der Waals surface area contributed by atoms with Crippen molar-refractivity contribution in [2.24, 2.45) is 4.99 Å². The molecule has 0 aliphatic rings. The van der Waals surface area contributed by atoms with Crippen LogP contribution in [0.1, 0.15) is 23.7 Å². The molecule has 140 valence electrons. The summed E-state index contributed by atoms with van der Waals surface area (Å²) in [6.45, 7) is 2.87. The van der Waals surface area contributed by atoms with Gasteiger partial charge in [-0.05, 0) is 37.3 Å². The minimum Gasteiger partial charge on any atom is -0.494 e. The number of benzene rings is 2. The maximum atomic E-state index is 12.5. The lowest BCUT2D eigenvalue weighted by atomic mass is 10.2. The number of thiazole rings is 1. The number of ether oxygens (including phenoxy) is 2. The molecule has 0 bridgehead atoms. The van der Waals surface area contributed by atoms with Crippen molar-refractivity contribution in [2.45, 2.75) is 19.9 Å². The van der Waals surface area contributed by atoms with E-state index in [-0.39, 0.29) is 18.3 Å². The van der Waals surface area contributed by atoms with Gasteiger partial charge in [-0.25, -0.2) is 0 Å². The molecular weight excluding hydrogens is 364 g/mol. The van der Waals surface area contributed by atoms with E-state index < -0.39 is 0 Å². The van der Waals surface area contributed by atoms with Gasteiger partial charge in [0, 0.05) is 12.1 Å². The fourth-order valence-electron chi connectivity index (χ4n) is 2.65. The van der Waals surface area contributed by atoms with Gasteiger partial charge in [-0.15, -0.1) is 0 Å². The average Bonchev–Trinajstić information content (AvgIpc) is 3.03. The molecule has 0 saturated carbocycles. The van der Waals surface area contributed by atoms with E-state index in [0.29, 0.717) is 23.5 Å². The zero-order valence-electron chi connectivity index (χ0n) is 15.2. The third kappa shape index (κ3) is 4.43. The van der Waals surface area contributed by atoms with Gasteiger partial charge >= 0.3 is 5.97 Å². The highest BCUT2D eigenvalue weighted by atomic mass is 32.1. The molecule has 1 amide bonds. The monoisotopic (exact) mass is 384 g/mol. The molecule has 27 heavy (non-hydrogen) atoms. The molecule has 0 aliphatic carbocycles. The summed E-state index contributed by atoms with van der Waals surface area (Å²) in [6.07, 6.45) is 0.197. The Morgan fingerprint density at radius 1 is 1.15 bits per heavy atom. The fraction of sp³-hybridized carbons (Fsp3) is 0.250. The lowest BCUT2D eigenvalue weighted by Gasteiger charge is -2.06. The number of hydrogen-bond acceptors (Lipinski definition) is 5. The number of methoxy groups -OCH3 is 1. The normalized spacial score (nSPS) is 11.6. The van der Waals surface area contributed by atoms with Crippen LogP contribution in [-0.2, 0) is 16.1 Å². The molecule has 0 unspecified atom stereocenters. The molecule has 1 heterocycles. The Hall–Kier alpha value is -2.93. The maximum absolute atomic E-state index is 12.5. The van der Waals surface area contributed by atoms with Gasteiger partial charge in [0.15, 0.2) is 4.80 Å². The molecule has 0 atom stereocenters. The third-order valence-electron chi connectivity index (χ3n) is 3.95. The van der Waals surface area contributed by atoms with E-state index in [1.807, 2.05) is 35.8 Å². The van der Waals surface area contributed by atoms with Crippen LogP contribution < -0.4 is 9.54 Å². The molecule has 0 aliphatic heterocycles. The Kier molecular flexibility index (Phi) is 6.03. The van der Waals surface area contributed by atoms with Gasteiger partial charge in [0.25, 0.3) is 5.91 Å². The van der Waals surface area contributed by atoms with Crippen LogP contribution in [-0.4, -0.2) is 30.2 Å². The highest BCUT2D eigenvalue weighted by Gasteiger charge is 2.12. The smallest absolute Gasteiger partial charge is 0.307 e. The minimum absolute atomic E-state index is 0.197. The van der Waals surface area contributed by atoms with Crippen LogP contribution in [0.25, 0.3) is 10.2 Å². The van der Waals surface area contributed by atoms with Gasteiger partial charge in [-0.2, -0.15) is 4.99 Å². The van der Waals surface area contributed by atoms with Crippen molar-refractivity contribution < 1.29 is 19.1 Å². The SMILES string of the molecule is CCOc1ccc2c(c1)sc(=NC(=O)c1ccccc1)n2CCC(=O)OC. The number of nitrogens with zero attached hydrogens (tertiary/aromatic N) is 2. The third-order valence-corrected chi connectivity index (χ3v) is 4.99. The van der Waals surface area contributed by atoms with Crippen molar-refractivity contribution in [3.63, 3.8) is 0 Å². The van der Waals surface area contributed by atoms with Crippen molar-refractivity contribution in [2.75, 3.05) is 13.7 Å². The van der Waals surface area contributed by atoms with Gasteiger partial charge in [-0.3, -0.25) is 9.59 Å². The van der Waals surface area contributed by atoms with Crippen LogP contribution in [0.5, 0.6) is 5.75 Å². The zero-order chi connectivity index (χ0) is 19.2. The van der Waals surface area contributed by atoms with Gasteiger partial charge < -0.3 is 14.0 Å². The van der Waals surface area contributed by atoms with Gasteiger partial charge in [0.1, 0.15) is 5.75 Å². The van der Waals surface area contributed by atoms with Crippen LogP contribution >= 0.6 is 11.3 Å². The van der Waals surface area contributed by atoms with E-state index in [1.165, 1.54) is 18.4 Å². The topological polar surface area (TPSA) is 69.9 Å². The Labute approximate surface area is 160 Å². The number of carbonyl (C=O) groups excluding carboxylic acids is 2. The van der Waals surface area contributed by atoms with Gasteiger partial charge in [0.05, 0.1) is 30.4 Å². The summed E-state index contributed by atoms with van der Waals surface area (Å²) in [4.78, 5) is 28.9. The molecule has 0 N–H and O–H groups in total. The molecule has 0 saturated heterocycles. The second-order valence-corrected chi connectivity index (χ2v) is 6.72. The second-order valence-electron chi connectivity index (χ2n) is 5.71. The first-order valence-corrected chi connectivity index (χ1v) is 9.41. The van der Waals surface area contributed by atoms with E-state index in [0.717, 1.165) is 16.0 Å². The summed E-state index contributed by atoms with van der Waals surface area (Å²) in [5, 5.41) is 0. The number of fused-ring (bicyclic) bond motifs is 1. The standard InChI is InChI=1S/C20H20N2O4S/c1-3-26-15-9-10-16-17(13-15)27-20(22(16)12-11-18(23)25-2)21-19(24)14-7-5-4-6-8-14/h4-10,13H,3,11-12H2,1-2H3. The Balaban J connectivity index is 2.06. The molecule has 3 rings (SSSR count). The first kappa shape index (κ1) is 18.8. The quantitative estimate of drug-likeness (QED) is 0.611. The largest absolute Gasteiger partial charge is 0.494 e. The predicted molar refractivity (Wildman–Crippen MR) is 104 cm³/mol. The fourth-order valence-corrected chi connectivity index (χ4v) is 3.73. The molecule has 3 aromatic rings. The maximum Gasteiger partial charge on any atom is 0.307 e. The molecule has 0 radical (unpaired) electrons. The highest BCUT2D eigenvalue weighted by Crippen LogP contribution is 2.24. The second kappa shape index (κ2) is 8.64. The number of rotatable bonds is 6. The van der Waals surface area contributed by atoms with E-state index in [1.54, 1.807) is 24.3 Å². The van der Waals surface area contributed by atoms with E-state index in [4.69, 9.17) is 9.47 Å². The van der Waals surface area contributed by atoms with Crippen LogP contribution in [0.3, 0.4) is 0 Å². The molecule has 7 heteroatoms. The van der Waals surface area contributed by atoms with Crippen molar-refractivity contribution in [1.82, 2.24) is 4.57 Å². The summed E-state index contributed by atoms with van der Waals surface area (Å²) in [5.41, 5.74) is 1.41. The minimum atomic E-state index is -0.320. The van der Waals surface area contributed by atoms with E-state index in [9.17, 15) is 9.59 Å². The zero-order valence-corrected chi connectivity index (χ0v) is 16.0. The van der Waals surface area contributed by atoms with Crippen LogP contribution in [0.2, 0.25) is 0 Å². The predicted octanol–water partition coefficient (Wildman–Crippen LogP) is 3.41. The lowest BCUT2D eigenvalue weighted by molar-refractivity contribution is -0.140. The van der Waals surface area contributed by atoms with Gasteiger partial charge in [0.2, 0.25) is 0 Å². The number of carbonyl (C=O) groups is 2. The average molecular weight is 384 g/mol. The number of aromatic nitrogens is 1. The Bertz CT molecular complexity index is 1020.